The highest BCUT2D eigenvalue weighted by Gasteiger charge is 2.32. The van der Waals surface area contributed by atoms with Crippen molar-refractivity contribution in [1.29, 1.82) is 0 Å². The molecule has 94 valence electrons. The van der Waals surface area contributed by atoms with Gasteiger partial charge in [0, 0.05) is 11.6 Å². The fraction of sp³-hybridized carbons (Fsp3) is 0.923. The second kappa shape index (κ2) is 5.07. The summed E-state index contributed by atoms with van der Waals surface area (Å²) < 4.78 is 0. The topological polar surface area (TPSA) is 41.1 Å². The molecule has 1 aliphatic carbocycles. The highest BCUT2D eigenvalue weighted by Crippen LogP contribution is 2.33. The Morgan fingerprint density at radius 3 is 2.38 bits per heavy atom. The van der Waals surface area contributed by atoms with Crippen molar-refractivity contribution in [3.8, 4) is 0 Å². The van der Waals surface area contributed by atoms with E-state index in [1.165, 1.54) is 12.8 Å². The first-order valence-corrected chi connectivity index (χ1v) is 6.42. The molecule has 3 heteroatoms. The molecule has 3 atom stereocenters. The summed E-state index contributed by atoms with van der Waals surface area (Å²) in [5.74, 6) is 1.38. The van der Waals surface area contributed by atoms with E-state index in [0.29, 0.717) is 12.0 Å². The minimum Gasteiger partial charge on any atom is -0.335 e. The fourth-order valence-corrected chi connectivity index (χ4v) is 2.57. The third kappa shape index (κ3) is 3.69. The number of rotatable bonds is 2. The van der Waals surface area contributed by atoms with Gasteiger partial charge in [0.25, 0.3) is 0 Å². The van der Waals surface area contributed by atoms with Crippen LogP contribution in [-0.4, -0.2) is 17.6 Å². The number of hydrogen-bond acceptors (Lipinski definition) is 1. The number of hydrogen-bond donors (Lipinski definition) is 2. The van der Waals surface area contributed by atoms with Gasteiger partial charge >= 0.3 is 6.03 Å². The first-order valence-electron chi connectivity index (χ1n) is 6.42. The fourth-order valence-electron chi connectivity index (χ4n) is 2.57. The lowest BCUT2D eigenvalue weighted by Crippen LogP contribution is -2.50. The van der Waals surface area contributed by atoms with Crippen LogP contribution < -0.4 is 10.6 Å². The van der Waals surface area contributed by atoms with Crippen molar-refractivity contribution in [2.75, 3.05) is 0 Å². The largest absolute Gasteiger partial charge is 0.335 e. The van der Waals surface area contributed by atoms with Gasteiger partial charge in [-0.15, -0.1) is 0 Å². The summed E-state index contributed by atoms with van der Waals surface area (Å²) in [7, 11) is 0. The first-order chi connectivity index (χ1) is 7.33. The van der Waals surface area contributed by atoms with Crippen molar-refractivity contribution in [1.82, 2.24) is 10.6 Å². The minimum absolute atomic E-state index is 0.0268. The van der Waals surface area contributed by atoms with Crippen LogP contribution in [0.4, 0.5) is 4.79 Å². The van der Waals surface area contributed by atoms with Crippen LogP contribution >= 0.6 is 0 Å². The zero-order valence-electron chi connectivity index (χ0n) is 11.3. The van der Waals surface area contributed by atoms with Gasteiger partial charge < -0.3 is 10.6 Å². The number of urea groups is 1. The Kier molecular flexibility index (Phi) is 4.22. The number of amides is 2. The lowest BCUT2D eigenvalue weighted by Gasteiger charge is -2.25. The van der Waals surface area contributed by atoms with Gasteiger partial charge in [-0.05, 0) is 45.4 Å². The average Bonchev–Trinajstić information content (AvgIpc) is 2.44. The second-order valence-corrected chi connectivity index (χ2v) is 6.06. The molecule has 3 unspecified atom stereocenters. The van der Waals surface area contributed by atoms with Gasteiger partial charge in [-0.2, -0.15) is 0 Å². The highest BCUT2D eigenvalue weighted by molar-refractivity contribution is 5.75. The van der Waals surface area contributed by atoms with Crippen LogP contribution in [0.15, 0.2) is 0 Å². The molecule has 1 rings (SSSR count). The molecule has 0 spiro atoms. The van der Waals surface area contributed by atoms with E-state index in [9.17, 15) is 4.79 Å². The van der Waals surface area contributed by atoms with Crippen molar-refractivity contribution in [3.63, 3.8) is 0 Å². The third-order valence-electron chi connectivity index (χ3n) is 3.56. The van der Waals surface area contributed by atoms with Gasteiger partial charge in [0.15, 0.2) is 0 Å². The molecule has 0 aromatic heterocycles. The summed E-state index contributed by atoms with van der Waals surface area (Å²) in [5, 5.41) is 6.05. The Hall–Kier alpha value is -0.730. The Balaban J connectivity index is 2.41. The van der Waals surface area contributed by atoms with E-state index in [2.05, 4.69) is 24.5 Å². The molecule has 0 aromatic rings. The van der Waals surface area contributed by atoms with Crippen molar-refractivity contribution in [2.45, 2.75) is 65.5 Å². The Bertz CT molecular complexity index is 245. The van der Waals surface area contributed by atoms with Crippen molar-refractivity contribution >= 4 is 6.03 Å². The summed E-state index contributed by atoms with van der Waals surface area (Å²) in [6.07, 6.45) is 3.59. The molecule has 1 fully saturated rings. The zero-order chi connectivity index (χ0) is 12.3. The molecule has 2 amide bonds. The molecule has 0 bridgehead atoms. The average molecular weight is 226 g/mol. The maximum atomic E-state index is 11.7. The van der Waals surface area contributed by atoms with Gasteiger partial charge in [0.1, 0.15) is 0 Å². The predicted molar refractivity (Wildman–Crippen MR) is 67.4 cm³/mol. The molecule has 0 aromatic carbocycles. The highest BCUT2D eigenvalue weighted by atomic mass is 16.2. The molecule has 16 heavy (non-hydrogen) atoms. The van der Waals surface area contributed by atoms with Gasteiger partial charge in [-0.25, -0.2) is 4.79 Å². The standard InChI is InChI=1S/C13H26N2O/c1-6-10-7-8-11(9(10)2)14-12(16)15-13(3,4)5/h9-11H,6-8H2,1-5H3,(H2,14,15,16). The summed E-state index contributed by atoms with van der Waals surface area (Å²) in [6.45, 7) is 10.5. The molecular weight excluding hydrogens is 200 g/mol. The van der Waals surface area contributed by atoms with Gasteiger partial charge in [-0.1, -0.05) is 20.3 Å². The monoisotopic (exact) mass is 226 g/mol. The van der Waals surface area contributed by atoms with E-state index in [4.69, 9.17) is 0 Å². The number of nitrogens with one attached hydrogen (secondary N) is 2. The summed E-state index contributed by atoms with van der Waals surface area (Å²) in [4.78, 5) is 11.7. The molecule has 0 radical (unpaired) electrons. The quantitative estimate of drug-likeness (QED) is 0.747. The number of carbonyl (C=O) groups excluding carboxylic acids is 1. The smallest absolute Gasteiger partial charge is 0.315 e. The number of carbonyl (C=O) groups is 1. The molecule has 2 N–H and O–H groups in total. The molecule has 0 heterocycles. The molecule has 0 saturated heterocycles. The van der Waals surface area contributed by atoms with Gasteiger partial charge in [-0.3, -0.25) is 0 Å². The van der Waals surface area contributed by atoms with Crippen LogP contribution in [0.5, 0.6) is 0 Å². The van der Waals surface area contributed by atoms with Crippen LogP contribution in [-0.2, 0) is 0 Å². The van der Waals surface area contributed by atoms with E-state index in [0.717, 1.165) is 12.3 Å². The predicted octanol–water partition coefficient (Wildman–Crippen LogP) is 2.91. The normalized spacial score (nSPS) is 30.2. The van der Waals surface area contributed by atoms with Crippen LogP contribution in [0.2, 0.25) is 0 Å². The maximum Gasteiger partial charge on any atom is 0.315 e. The molecule has 1 saturated carbocycles. The van der Waals surface area contributed by atoms with E-state index in [-0.39, 0.29) is 11.6 Å². The minimum atomic E-state index is -0.157. The summed E-state index contributed by atoms with van der Waals surface area (Å²) in [5.41, 5.74) is -0.157. The van der Waals surface area contributed by atoms with E-state index >= 15 is 0 Å². The SMILES string of the molecule is CCC1CCC(NC(=O)NC(C)(C)C)C1C. The molecule has 1 aliphatic rings. The lowest BCUT2D eigenvalue weighted by molar-refractivity contribution is 0.223. The summed E-state index contributed by atoms with van der Waals surface area (Å²) >= 11 is 0. The molecular formula is C13H26N2O. The maximum absolute atomic E-state index is 11.7. The Labute approximate surface area is 99.4 Å². The molecule has 0 aliphatic heterocycles. The Morgan fingerprint density at radius 2 is 1.94 bits per heavy atom. The van der Waals surface area contributed by atoms with Crippen molar-refractivity contribution < 1.29 is 4.79 Å². The first kappa shape index (κ1) is 13.3. The Morgan fingerprint density at radius 1 is 1.31 bits per heavy atom. The van der Waals surface area contributed by atoms with E-state index in [1.807, 2.05) is 20.8 Å². The summed E-state index contributed by atoms with van der Waals surface area (Å²) in [6, 6.07) is 0.327. The van der Waals surface area contributed by atoms with Crippen molar-refractivity contribution in [3.05, 3.63) is 0 Å². The second-order valence-electron chi connectivity index (χ2n) is 6.06. The van der Waals surface area contributed by atoms with Crippen LogP contribution in [0.3, 0.4) is 0 Å². The van der Waals surface area contributed by atoms with Crippen LogP contribution in [0.1, 0.15) is 53.9 Å². The third-order valence-corrected chi connectivity index (χ3v) is 3.56. The van der Waals surface area contributed by atoms with E-state index < -0.39 is 0 Å². The molecule has 3 nitrogen and oxygen atoms in total. The lowest BCUT2D eigenvalue weighted by atomic mass is 9.93. The zero-order valence-corrected chi connectivity index (χ0v) is 11.3. The van der Waals surface area contributed by atoms with Crippen LogP contribution in [0.25, 0.3) is 0 Å². The van der Waals surface area contributed by atoms with Gasteiger partial charge in [0.2, 0.25) is 0 Å². The van der Waals surface area contributed by atoms with Gasteiger partial charge in [0.05, 0.1) is 0 Å². The van der Waals surface area contributed by atoms with Crippen molar-refractivity contribution in [2.24, 2.45) is 11.8 Å². The van der Waals surface area contributed by atoms with Crippen LogP contribution in [0, 0.1) is 11.8 Å². The van der Waals surface area contributed by atoms with E-state index in [1.54, 1.807) is 0 Å².